The molecule has 1 aliphatic heterocycles. The highest BCUT2D eigenvalue weighted by Crippen LogP contribution is 2.19. The smallest absolute Gasteiger partial charge is 0.326 e. The monoisotopic (exact) mass is 242 g/mol. The number of amides is 2. The van der Waals surface area contributed by atoms with E-state index in [1.54, 1.807) is 11.8 Å². The topological polar surface area (TPSA) is 69.6 Å². The summed E-state index contributed by atoms with van der Waals surface area (Å²) in [5.41, 5.74) is 0. The van der Waals surface area contributed by atoms with Crippen LogP contribution < -0.4 is 5.32 Å². The summed E-state index contributed by atoms with van der Waals surface area (Å²) < 4.78 is 0. The summed E-state index contributed by atoms with van der Waals surface area (Å²) in [6, 6.07) is -1.01. The molecule has 1 unspecified atom stereocenters. The second-order valence-corrected chi connectivity index (χ2v) is 4.59. The maximum Gasteiger partial charge on any atom is 0.326 e. The predicted molar refractivity (Wildman–Crippen MR) is 64.8 cm³/mol. The van der Waals surface area contributed by atoms with Gasteiger partial charge >= 0.3 is 12.0 Å². The lowest BCUT2D eigenvalue weighted by Gasteiger charge is -2.32. The van der Waals surface area contributed by atoms with Crippen molar-refractivity contribution < 1.29 is 14.7 Å². The van der Waals surface area contributed by atoms with Gasteiger partial charge in [-0.05, 0) is 25.2 Å². The van der Waals surface area contributed by atoms with Crippen LogP contribution >= 0.6 is 0 Å². The maximum atomic E-state index is 11.8. The molecule has 1 atom stereocenters. The molecule has 0 spiro atoms. The molecule has 5 nitrogen and oxygen atoms in total. The lowest BCUT2D eigenvalue weighted by atomic mass is 9.95. The first-order valence-corrected chi connectivity index (χ1v) is 6.36. The molecule has 0 saturated carbocycles. The zero-order chi connectivity index (χ0) is 12.8. The number of carbonyl (C=O) groups excluding carboxylic acids is 1. The normalized spacial score (nSPS) is 18.8. The minimum Gasteiger partial charge on any atom is -0.480 e. The van der Waals surface area contributed by atoms with Crippen molar-refractivity contribution in [1.29, 1.82) is 0 Å². The van der Waals surface area contributed by atoms with Crippen molar-refractivity contribution in [3.05, 3.63) is 0 Å². The zero-order valence-corrected chi connectivity index (χ0v) is 10.6. The molecule has 1 aliphatic rings. The third-order valence-corrected chi connectivity index (χ3v) is 3.48. The Balaban J connectivity index is 2.41. The van der Waals surface area contributed by atoms with Crippen molar-refractivity contribution in [2.75, 3.05) is 13.1 Å². The average Bonchev–Trinajstić information content (AvgIpc) is 2.35. The van der Waals surface area contributed by atoms with Gasteiger partial charge in [-0.2, -0.15) is 0 Å². The molecule has 2 amide bonds. The van der Waals surface area contributed by atoms with E-state index in [4.69, 9.17) is 5.11 Å². The van der Waals surface area contributed by atoms with Crippen LogP contribution in [0.15, 0.2) is 0 Å². The van der Waals surface area contributed by atoms with E-state index in [2.05, 4.69) is 12.2 Å². The van der Waals surface area contributed by atoms with E-state index < -0.39 is 12.0 Å². The molecule has 0 aliphatic carbocycles. The van der Waals surface area contributed by atoms with Crippen LogP contribution in [0.1, 0.15) is 39.5 Å². The summed E-state index contributed by atoms with van der Waals surface area (Å²) >= 11 is 0. The van der Waals surface area contributed by atoms with Crippen LogP contribution in [0.5, 0.6) is 0 Å². The fraction of sp³-hybridized carbons (Fsp3) is 0.833. The fourth-order valence-corrected chi connectivity index (χ4v) is 2.12. The van der Waals surface area contributed by atoms with Crippen molar-refractivity contribution in [3.63, 3.8) is 0 Å². The highest BCUT2D eigenvalue weighted by molar-refractivity contribution is 5.82. The Hall–Kier alpha value is -1.26. The van der Waals surface area contributed by atoms with Crippen molar-refractivity contribution in [2.24, 2.45) is 5.92 Å². The number of nitrogens with zero attached hydrogens (tertiary/aromatic N) is 1. The number of hydrogen-bond acceptors (Lipinski definition) is 2. The zero-order valence-electron chi connectivity index (χ0n) is 10.6. The van der Waals surface area contributed by atoms with Gasteiger partial charge in [0.2, 0.25) is 0 Å². The van der Waals surface area contributed by atoms with Gasteiger partial charge in [0.05, 0.1) is 0 Å². The molecule has 98 valence electrons. The lowest BCUT2D eigenvalue weighted by Crippen LogP contribution is -2.49. The number of aliphatic carboxylic acids is 1. The summed E-state index contributed by atoms with van der Waals surface area (Å²) in [7, 11) is 0. The Morgan fingerprint density at radius 2 is 1.94 bits per heavy atom. The van der Waals surface area contributed by atoms with E-state index in [1.807, 2.05) is 0 Å². The van der Waals surface area contributed by atoms with Crippen molar-refractivity contribution in [3.8, 4) is 0 Å². The lowest BCUT2D eigenvalue weighted by molar-refractivity contribution is -0.139. The second-order valence-electron chi connectivity index (χ2n) is 4.59. The third kappa shape index (κ3) is 3.91. The molecule has 1 heterocycles. The molecule has 0 aromatic rings. The SMILES string of the molecule is CCC1CCN(C(=O)NC(CC)C(=O)O)CC1. The summed E-state index contributed by atoms with van der Waals surface area (Å²) in [4.78, 5) is 24.4. The summed E-state index contributed by atoms with van der Waals surface area (Å²) in [5, 5.41) is 11.4. The number of rotatable bonds is 4. The predicted octanol–water partition coefficient (Wildman–Crippen LogP) is 1.68. The molecule has 17 heavy (non-hydrogen) atoms. The van der Waals surface area contributed by atoms with Crippen LogP contribution in [0.3, 0.4) is 0 Å². The van der Waals surface area contributed by atoms with E-state index in [-0.39, 0.29) is 6.03 Å². The minimum atomic E-state index is -0.968. The molecule has 0 bridgehead atoms. The van der Waals surface area contributed by atoms with Crippen molar-refractivity contribution in [2.45, 2.75) is 45.6 Å². The number of nitrogens with one attached hydrogen (secondary N) is 1. The molecule has 1 rings (SSSR count). The molecule has 5 heteroatoms. The molecule has 0 aromatic heterocycles. The number of likely N-dealkylation sites (tertiary alicyclic amines) is 1. The van der Waals surface area contributed by atoms with Gasteiger partial charge in [0.15, 0.2) is 0 Å². The van der Waals surface area contributed by atoms with E-state index in [0.717, 1.165) is 32.4 Å². The fourth-order valence-electron chi connectivity index (χ4n) is 2.12. The quantitative estimate of drug-likeness (QED) is 0.788. The van der Waals surface area contributed by atoms with Crippen LogP contribution in [0, 0.1) is 5.92 Å². The first-order chi connectivity index (χ1) is 8.08. The van der Waals surface area contributed by atoms with E-state index >= 15 is 0 Å². The van der Waals surface area contributed by atoms with Gasteiger partial charge in [-0.25, -0.2) is 9.59 Å². The summed E-state index contributed by atoms with van der Waals surface area (Å²) in [6.07, 6.45) is 3.61. The van der Waals surface area contributed by atoms with Crippen LogP contribution in [0.4, 0.5) is 4.79 Å². The van der Waals surface area contributed by atoms with Gasteiger partial charge in [-0.1, -0.05) is 20.3 Å². The van der Waals surface area contributed by atoms with Gasteiger partial charge in [-0.3, -0.25) is 0 Å². The first-order valence-electron chi connectivity index (χ1n) is 6.36. The number of carboxylic acid groups (broad SMARTS) is 1. The van der Waals surface area contributed by atoms with Gasteiger partial charge in [-0.15, -0.1) is 0 Å². The number of carbonyl (C=O) groups is 2. The van der Waals surface area contributed by atoms with Crippen LogP contribution in [-0.2, 0) is 4.79 Å². The third-order valence-electron chi connectivity index (χ3n) is 3.48. The molecular formula is C12H22N2O3. The highest BCUT2D eigenvalue weighted by atomic mass is 16.4. The molecule has 1 fully saturated rings. The number of hydrogen-bond donors (Lipinski definition) is 2. The second kappa shape index (κ2) is 6.47. The molecule has 1 saturated heterocycles. The Kier molecular flexibility index (Phi) is 5.25. The van der Waals surface area contributed by atoms with Crippen molar-refractivity contribution >= 4 is 12.0 Å². The Bertz CT molecular complexity index is 273. The average molecular weight is 242 g/mol. The molecule has 0 radical (unpaired) electrons. The number of piperidine rings is 1. The van der Waals surface area contributed by atoms with Gasteiger partial charge in [0, 0.05) is 13.1 Å². The molecular weight excluding hydrogens is 220 g/mol. The van der Waals surface area contributed by atoms with Crippen LogP contribution in [-0.4, -0.2) is 41.1 Å². The maximum absolute atomic E-state index is 11.8. The van der Waals surface area contributed by atoms with Crippen LogP contribution in [0.25, 0.3) is 0 Å². The molecule has 2 N–H and O–H groups in total. The Labute approximate surface area is 102 Å². The first kappa shape index (κ1) is 13.8. The number of urea groups is 1. The Morgan fingerprint density at radius 3 is 2.35 bits per heavy atom. The minimum absolute atomic E-state index is 0.242. The number of carboxylic acids is 1. The Morgan fingerprint density at radius 1 is 1.35 bits per heavy atom. The summed E-state index contributed by atoms with van der Waals surface area (Å²) in [5.74, 6) is -0.259. The van der Waals surface area contributed by atoms with Gasteiger partial charge < -0.3 is 15.3 Å². The van der Waals surface area contributed by atoms with E-state index in [1.165, 1.54) is 0 Å². The summed E-state index contributed by atoms with van der Waals surface area (Å²) in [6.45, 7) is 5.39. The standard InChI is InChI=1S/C12H22N2O3/c1-3-9-5-7-14(8-6-9)12(17)13-10(4-2)11(15)16/h9-10H,3-8H2,1-2H3,(H,13,17)(H,15,16). The largest absolute Gasteiger partial charge is 0.480 e. The van der Waals surface area contributed by atoms with E-state index in [0.29, 0.717) is 12.3 Å². The highest BCUT2D eigenvalue weighted by Gasteiger charge is 2.25. The van der Waals surface area contributed by atoms with Crippen LogP contribution in [0.2, 0.25) is 0 Å². The van der Waals surface area contributed by atoms with Gasteiger partial charge in [0.1, 0.15) is 6.04 Å². The van der Waals surface area contributed by atoms with Gasteiger partial charge in [0.25, 0.3) is 0 Å². The van der Waals surface area contributed by atoms with Crippen molar-refractivity contribution in [1.82, 2.24) is 10.2 Å². The molecule has 0 aromatic carbocycles. The van der Waals surface area contributed by atoms with E-state index in [9.17, 15) is 9.59 Å².